The predicted octanol–water partition coefficient (Wildman–Crippen LogP) is 1.09. The molecular weight excluding hydrogens is 338 g/mol. The van der Waals surface area contributed by atoms with Gasteiger partial charge in [0.1, 0.15) is 5.75 Å². The first-order valence-electron chi connectivity index (χ1n) is 7.72. The summed E-state index contributed by atoms with van der Waals surface area (Å²) in [5.41, 5.74) is 0.196. The first kappa shape index (κ1) is 17.4. The van der Waals surface area contributed by atoms with E-state index >= 15 is 0 Å². The lowest BCUT2D eigenvalue weighted by atomic mass is 10.0. The van der Waals surface area contributed by atoms with Crippen LogP contribution in [0.3, 0.4) is 0 Å². The molecule has 0 aliphatic carbocycles. The minimum absolute atomic E-state index is 0.000993. The Kier molecular flexibility index (Phi) is 4.33. The van der Waals surface area contributed by atoms with Crippen molar-refractivity contribution in [2.75, 3.05) is 14.2 Å². The summed E-state index contributed by atoms with van der Waals surface area (Å²) in [4.78, 5) is 41.2. The zero-order valence-corrected chi connectivity index (χ0v) is 14.8. The fourth-order valence-electron chi connectivity index (χ4n) is 2.78. The second-order valence-corrected chi connectivity index (χ2v) is 5.68. The van der Waals surface area contributed by atoms with E-state index in [0.29, 0.717) is 16.9 Å². The SMILES string of the molecule is COC(=O)c1cc(-c2cccc(OC)c2)c2c(=O)n(C)c(=O)n(C)c2n1. The Morgan fingerprint density at radius 1 is 1.08 bits per heavy atom. The fourth-order valence-corrected chi connectivity index (χ4v) is 2.78. The van der Waals surface area contributed by atoms with Crippen LogP contribution in [0.4, 0.5) is 0 Å². The van der Waals surface area contributed by atoms with Gasteiger partial charge in [0.15, 0.2) is 11.3 Å². The molecule has 0 aliphatic heterocycles. The summed E-state index contributed by atoms with van der Waals surface area (Å²) in [7, 11) is 5.66. The first-order chi connectivity index (χ1) is 12.4. The van der Waals surface area contributed by atoms with E-state index in [4.69, 9.17) is 9.47 Å². The second-order valence-electron chi connectivity index (χ2n) is 5.68. The number of pyridine rings is 1. The number of nitrogens with zero attached hydrogens (tertiary/aromatic N) is 3. The van der Waals surface area contributed by atoms with Gasteiger partial charge in [0.05, 0.1) is 19.6 Å². The van der Waals surface area contributed by atoms with Crippen LogP contribution >= 0.6 is 0 Å². The molecule has 0 saturated carbocycles. The second kappa shape index (κ2) is 6.47. The minimum atomic E-state index is -0.663. The van der Waals surface area contributed by atoms with Crippen LogP contribution in [0.2, 0.25) is 0 Å². The summed E-state index contributed by atoms with van der Waals surface area (Å²) >= 11 is 0. The van der Waals surface area contributed by atoms with Crippen molar-refractivity contribution in [2.24, 2.45) is 14.1 Å². The lowest BCUT2D eigenvalue weighted by molar-refractivity contribution is 0.0594. The third-order valence-electron chi connectivity index (χ3n) is 4.19. The molecule has 0 atom stereocenters. The topological polar surface area (TPSA) is 92.4 Å². The summed E-state index contributed by atoms with van der Waals surface area (Å²) in [5, 5.41) is 0.232. The van der Waals surface area contributed by atoms with Gasteiger partial charge in [0.25, 0.3) is 5.56 Å². The van der Waals surface area contributed by atoms with Crippen LogP contribution in [0.15, 0.2) is 39.9 Å². The molecule has 0 radical (unpaired) electrons. The third kappa shape index (κ3) is 2.65. The maximum absolute atomic E-state index is 12.8. The van der Waals surface area contributed by atoms with Crippen molar-refractivity contribution >= 4 is 17.0 Å². The molecule has 1 aromatic carbocycles. The molecule has 0 N–H and O–H groups in total. The molecular formula is C18H17N3O5. The van der Waals surface area contributed by atoms with Gasteiger partial charge in [0.2, 0.25) is 0 Å². The van der Waals surface area contributed by atoms with E-state index in [1.54, 1.807) is 24.3 Å². The van der Waals surface area contributed by atoms with Gasteiger partial charge in [-0.3, -0.25) is 13.9 Å². The number of ether oxygens (including phenoxy) is 2. The zero-order valence-electron chi connectivity index (χ0n) is 14.8. The Bertz CT molecular complexity index is 1140. The van der Waals surface area contributed by atoms with Crippen LogP contribution in [-0.2, 0) is 18.8 Å². The van der Waals surface area contributed by atoms with Gasteiger partial charge in [-0.2, -0.15) is 0 Å². The standard InChI is InChI=1S/C18H17N3O5/c1-20-15-14(16(22)21(2)18(20)24)12(9-13(19-15)17(23)26-4)10-6-5-7-11(8-10)25-3/h5-9H,1-4H3. The number of rotatable bonds is 3. The Morgan fingerprint density at radius 2 is 1.81 bits per heavy atom. The van der Waals surface area contributed by atoms with Gasteiger partial charge in [0, 0.05) is 19.7 Å². The largest absolute Gasteiger partial charge is 0.497 e. The van der Waals surface area contributed by atoms with Gasteiger partial charge in [-0.05, 0) is 23.8 Å². The number of benzene rings is 1. The van der Waals surface area contributed by atoms with E-state index in [2.05, 4.69) is 4.98 Å². The zero-order chi connectivity index (χ0) is 19.0. The molecule has 0 saturated heterocycles. The van der Waals surface area contributed by atoms with Crippen molar-refractivity contribution in [2.45, 2.75) is 0 Å². The normalized spacial score (nSPS) is 10.8. The highest BCUT2D eigenvalue weighted by Crippen LogP contribution is 2.28. The number of hydrogen-bond donors (Lipinski definition) is 0. The lowest BCUT2D eigenvalue weighted by Gasteiger charge is -2.13. The highest BCUT2D eigenvalue weighted by Gasteiger charge is 2.20. The number of methoxy groups -OCH3 is 2. The van der Waals surface area contributed by atoms with Crippen LogP contribution in [0.25, 0.3) is 22.2 Å². The first-order valence-corrected chi connectivity index (χ1v) is 7.72. The molecule has 0 aliphatic rings. The molecule has 134 valence electrons. The highest BCUT2D eigenvalue weighted by molar-refractivity contribution is 5.98. The molecule has 3 aromatic rings. The van der Waals surface area contributed by atoms with Crippen molar-refractivity contribution in [1.29, 1.82) is 0 Å². The molecule has 2 heterocycles. The number of fused-ring (bicyclic) bond motifs is 1. The molecule has 8 heteroatoms. The van der Waals surface area contributed by atoms with Gasteiger partial charge < -0.3 is 9.47 Å². The fraction of sp³-hybridized carbons (Fsp3) is 0.222. The van der Waals surface area contributed by atoms with Crippen molar-refractivity contribution in [3.05, 3.63) is 56.9 Å². The van der Waals surface area contributed by atoms with E-state index in [1.807, 2.05) is 0 Å². The number of aromatic nitrogens is 3. The molecule has 26 heavy (non-hydrogen) atoms. The van der Waals surface area contributed by atoms with Crippen molar-refractivity contribution in [3.8, 4) is 16.9 Å². The Labute approximate surface area is 148 Å². The molecule has 0 amide bonds. The van der Waals surface area contributed by atoms with E-state index in [9.17, 15) is 14.4 Å². The maximum atomic E-state index is 12.8. The summed E-state index contributed by atoms with van der Waals surface area (Å²) in [6, 6.07) is 8.53. The highest BCUT2D eigenvalue weighted by atomic mass is 16.5. The number of carbonyl (C=O) groups excluding carboxylic acids is 1. The average molecular weight is 355 g/mol. The number of carbonyl (C=O) groups is 1. The van der Waals surface area contributed by atoms with Crippen molar-refractivity contribution in [1.82, 2.24) is 14.1 Å². The van der Waals surface area contributed by atoms with Gasteiger partial charge >= 0.3 is 11.7 Å². The van der Waals surface area contributed by atoms with Gasteiger partial charge in [-0.15, -0.1) is 0 Å². The Morgan fingerprint density at radius 3 is 2.46 bits per heavy atom. The summed E-state index contributed by atoms with van der Waals surface area (Å²) in [6.45, 7) is 0. The lowest BCUT2D eigenvalue weighted by Crippen LogP contribution is -2.37. The smallest absolute Gasteiger partial charge is 0.356 e. The molecule has 8 nitrogen and oxygen atoms in total. The quantitative estimate of drug-likeness (QED) is 0.653. The van der Waals surface area contributed by atoms with E-state index < -0.39 is 17.2 Å². The van der Waals surface area contributed by atoms with Crippen LogP contribution in [-0.4, -0.2) is 34.3 Å². The Hall–Kier alpha value is -3.42. The molecule has 3 rings (SSSR count). The van der Waals surface area contributed by atoms with Crippen molar-refractivity contribution < 1.29 is 14.3 Å². The van der Waals surface area contributed by atoms with Gasteiger partial charge in [-0.25, -0.2) is 14.6 Å². The number of aryl methyl sites for hydroxylation is 1. The molecule has 0 fully saturated rings. The summed E-state index contributed by atoms with van der Waals surface area (Å²) < 4.78 is 12.2. The Balaban J connectivity index is 2.52. The maximum Gasteiger partial charge on any atom is 0.356 e. The number of hydrogen-bond acceptors (Lipinski definition) is 6. The van der Waals surface area contributed by atoms with Crippen LogP contribution in [0, 0.1) is 0 Å². The molecule has 0 bridgehead atoms. The van der Waals surface area contributed by atoms with E-state index in [0.717, 1.165) is 4.57 Å². The van der Waals surface area contributed by atoms with Crippen LogP contribution in [0.5, 0.6) is 5.75 Å². The molecule has 0 unspecified atom stereocenters. The third-order valence-corrected chi connectivity index (χ3v) is 4.19. The monoisotopic (exact) mass is 355 g/mol. The van der Waals surface area contributed by atoms with Crippen LogP contribution < -0.4 is 16.0 Å². The van der Waals surface area contributed by atoms with Gasteiger partial charge in [-0.1, -0.05) is 12.1 Å². The molecule has 2 aromatic heterocycles. The predicted molar refractivity (Wildman–Crippen MR) is 95.6 cm³/mol. The minimum Gasteiger partial charge on any atom is -0.497 e. The van der Waals surface area contributed by atoms with Crippen molar-refractivity contribution in [3.63, 3.8) is 0 Å². The van der Waals surface area contributed by atoms with E-state index in [1.165, 1.54) is 38.9 Å². The van der Waals surface area contributed by atoms with E-state index in [-0.39, 0.29) is 16.7 Å². The average Bonchev–Trinajstić information content (AvgIpc) is 2.68. The summed E-state index contributed by atoms with van der Waals surface area (Å²) in [5.74, 6) is -0.0714. The summed E-state index contributed by atoms with van der Waals surface area (Å²) in [6.07, 6.45) is 0. The molecule has 0 spiro atoms. The number of esters is 1. The van der Waals surface area contributed by atoms with Crippen LogP contribution in [0.1, 0.15) is 10.5 Å².